The number of nitrogen functional groups attached to an aromatic ring is 1. The van der Waals surface area contributed by atoms with Gasteiger partial charge in [-0.1, -0.05) is 0 Å². The van der Waals surface area contributed by atoms with Crippen LogP contribution in [0.5, 0.6) is 0 Å². The van der Waals surface area contributed by atoms with Gasteiger partial charge < -0.3 is 15.4 Å². The fraction of sp³-hybridized carbons (Fsp3) is 0.583. The summed E-state index contributed by atoms with van der Waals surface area (Å²) in [6.45, 7) is 1.91. The Balaban J connectivity index is 1.75. The lowest BCUT2D eigenvalue weighted by molar-refractivity contribution is -0.141. The number of carbonyl (C=O) groups excluding carboxylic acids is 1. The summed E-state index contributed by atoms with van der Waals surface area (Å²) >= 11 is 0. The first-order valence-electron chi connectivity index (χ1n) is 6.24. The van der Waals surface area contributed by atoms with E-state index in [1.165, 1.54) is 0 Å². The summed E-state index contributed by atoms with van der Waals surface area (Å²) in [5.41, 5.74) is 7.52. The van der Waals surface area contributed by atoms with Crippen LogP contribution < -0.4 is 5.73 Å². The van der Waals surface area contributed by atoms with Crippen LogP contribution in [0.2, 0.25) is 0 Å². The van der Waals surface area contributed by atoms with Crippen LogP contribution >= 0.6 is 0 Å². The Morgan fingerprint density at radius 1 is 1.56 bits per heavy atom. The standard InChI is InChI=1S/C12H16N4O2/c13-12-14-6-8-3-4-16(7-9(8)15-12)11(17)10-2-1-5-18-10/h6,10H,1-5,7H2,(H2,13,14,15). The predicted octanol–water partition coefficient (Wildman–Crippen LogP) is 0.122. The number of aromatic nitrogens is 2. The summed E-state index contributed by atoms with van der Waals surface area (Å²) in [4.78, 5) is 22.2. The third-order valence-corrected chi connectivity index (χ3v) is 3.48. The number of ether oxygens (including phenoxy) is 1. The quantitative estimate of drug-likeness (QED) is 0.763. The van der Waals surface area contributed by atoms with E-state index >= 15 is 0 Å². The first kappa shape index (κ1) is 11.4. The summed E-state index contributed by atoms with van der Waals surface area (Å²) in [5.74, 6) is 0.343. The molecule has 1 fully saturated rings. The minimum Gasteiger partial charge on any atom is -0.368 e. The van der Waals surface area contributed by atoms with Crippen LogP contribution in [0.1, 0.15) is 24.1 Å². The van der Waals surface area contributed by atoms with Crippen molar-refractivity contribution in [3.8, 4) is 0 Å². The number of hydrogen-bond donors (Lipinski definition) is 1. The summed E-state index contributed by atoms with van der Waals surface area (Å²) in [5, 5.41) is 0. The van der Waals surface area contributed by atoms with Crippen molar-refractivity contribution in [2.24, 2.45) is 0 Å². The molecular formula is C12H16N4O2. The number of anilines is 1. The SMILES string of the molecule is Nc1ncc2c(n1)CN(C(=O)C1CCCO1)CC2. The molecule has 1 atom stereocenters. The van der Waals surface area contributed by atoms with Crippen LogP contribution in [0.4, 0.5) is 5.95 Å². The maximum Gasteiger partial charge on any atom is 0.252 e. The normalized spacial score (nSPS) is 22.9. The predicted molar refractivity (Wildman–Crippen MR) is 64.5 cm³/mol. The van der Waals surface area contributed by atoms with Crippen molar-refractivity contribution in [2.75, 3.05) is 18.9 Å². The number of nitrogens with two attached hydrogens (primary N) is 1. The van der Waals surface area contributed by atoms with Gasteiger partial charge in [-0.2, -0.15) is 0 Å². The monoisotopic (exact) mass is 248 g/mol. The molecule has 0 saturated carbocycles. The Labute approximate surface area is 105 Å². The van der Waals surface area contributed by atoms with Gasteiger partial charge >= 0.3 is 0 Å². The van der Waals surface area contributed by atoms with Gasteiger partial charge in [0.2, 0.25) is 5.95 Å². The molecule has 0 spiro atoms. The summed E-state index contributed by atoms with van der Waals surface area (Å²) in [6.07, 6.45) is 4.08. The van der Waals surface area contributed by atoms with Gasteiger partial charge in [-0.3, -0.25) is 4.79 Å². The number of amides is 1. The van der Waals surface area contributed by atoms with Gasteiger partial charge in [0.25, 0.3) is 5.91 Å². The molecule has 2 N–H and O–H groups in total. The lowest BCUT2D eigenvalue weighted by atomic mass is 10.1. The van der Waals surface area contributed by atoms with Crippen LogP contribution in [0.25, 0.3) is 0 Å². The van der Waals surface area contributed by atoms with Crippen LogP contribution in [0, 0.1) is 0 Å². The molecule has 2 aliphatic rings. The second kappa shape index (κ2) is 4.53. The van der Waals surface area contributed by atoms with Crippen molar-refractivity contribution in [1.29, 1.82) is 0 Å². The number of fused-ring (bicyclic) bond motifs is 1. The van der Waals surface area contributed by atoms with Crippen molar-refractivity contribution in [3.63, 3.8) is 0 Å². The van der Waals surface area contributed by atoms with Crippen molar-refractivity contribution in [3.05, 3.63) is 17.5 Å². The molecule has 1 aromatic rings. The lowest BCUT2D eigenvalue weighted by Crippen LogP contribution is -2.42. The van der Waals surface area contributed by atoms with Crippen molar-refractivity contribution >= 4 is 11.9 Å². The van der Waals surface area contributed by atoms with E-state index < -0.39 is 0 Å². The second-order valence-corrected chi connectivity index (χ2v) is 4.71. The average molecular weight is 248 g/mol. The van der Waals surface area contributed by atoms with Crippen LogP contribution in [0.15, 0.2) is 6.20 Å². The summed E-state index contributed by atoms with van der Waals surface area (Å²) in [7, 11) is 0. The van der Waals surface area contributed by atoms with Gasteiger partial charge in [0.05, 0.1) is 12.2 Å². The van der Waals surface area contributed by atoms with E-state index in [1.54, 1.807) is 6.20 Å². The molecule has 1 unspecified atom stereocenters. The van der Waals surface area contributed by atoms with E-state index in [2.05, 4.69) is 9.97 Å². The van der Waals surface area contributed by atoms with E-state index in [0.717, 1.165) is 30.5 Å². The van der Waals surface area contributed by atoms with Crippen LogP contribution in [-0.2, 0) is 22.5 Å². The Hall–Kier alpha value is -1.69. The van der Waals surface area contributed by atoms with Crippen LogP contribution in [-0.4, -0.2) is 40.0 Å². The molecule has 3 heterocycles. The number of rotatable bonds is 1. The van der Waals surface area contributed by atoms with E-state index in [-0.39, 0.29) is 18.0 Å². The summed E-state index contributed by atoms with van der Waals surface area (Å²) in [6, 6.07) is 0. The first-order valence-corrected chi connectivity index (χ1v) is 6.24. The lowest BCUT2D eigenvalue weighted by Gasteiger charge is -2.29. The number of carbonyl (C=O) groups is 1. The molecule has 6 heteroatoms. The van der Waals surface area contributed by atoms with E-state index in [1.807, 2.05) is 4.90 Å². The average Bonchev–Trinajstić information content (AvgIpc) is 2.90. The zero-order valence-electron chi connectivity index (χ0n) is 10.1. The van der Waals surface area contributed by atoms with E-state index in [9.17, 15) is 4.79 Å². The molecular weight excluding hydrogens is 232 g/mol. The van der Waals surface area contributed by atoms with Gasteiger partial charge in [0, 0.05) is 19.3 Å². The molecule has 96 valence electrons. The topological polar surface area (TPSA) is 81.3 Å². The molecule has 1 saturated heterocycles. The molecule has 0 aliphatic carbocycles. The largest absolute Gasteiger partial charge is 0.368 e. The zero-order valence-corrected chi connectivity index (χ0v) is 10.1. The molecule has 0 bridgehead atoms. The van der Waals surface area contributed by atoms with E-state index in [4.69, 9.17) is 10.5 Å². The highest BCUT2D eigenvalue weighted by molar-refractivity contribution is 5.81. The van der Waals surface area contributed by atoms with Crippen molar-refractivity contribution < 1.29 is 9.53 Å². The minimum atomic E-state index is -0.259. The Morgan fingerprint density at radius 3 is 3.22 bits per heavy atom. The molecule has 0 radical (unpaired) electrons. The Kier molecular flexibility index (Phi) is 2.87. The second-order valence-electron chi connectivity index (χ2n) is 4.71. The van der Waals surface area contributed by atoms with Gasteiger partial charge in [-0.05, 0) is 24.8 Å². The Bertz CT molecular complexity index is 471. The highest BCUT2D eigenvalue weighted by atomic mass is 16.5. The first-order chi connectivity index (χ1) is 8.74. The van der Waals surface area contributed by atoms with Gasteiger partial charge in [-0.15, -0.1) is 0 Å². The fourth-order valence-electron chi connectivity index (χ4n) is 2.48. The molecule has 0 aromatic carbocycles. The van der Waals surface area contributed by atoms with Gasteiger partial charge in [0.1, 0.15) is 6.10 Å². The van der Waals surface area contributed by atoms with Crippen molar-refractivity contribution in [1.82, 2.24) is 14.9 Å². The highest BCUT2D eigenvalue weighted by Crippen LogP contribution is 2.21. The molecule has 3 rings (SSSR count). The third kappa shape index (κ3) is 2.03. The molecule has 1 amide bonds. The minimum absolute atomic E-state index is 0.0790. The molecule has 6 nitrogen and oxygen atoms in total. The van der Waals surface area contributed by atoms with Crippen LogP contribution in [0.3, 0.4) is 0 Å². The van der Waals surface area contributed by atoms with Gasteiger partial charge in [-0.25, -0.2) is 9.97 Å². The molecule has 2 aliphatic heterocycles. The molecule has 1 aromatic heterocycles. The highest BCUT2D eigenvalue weighted by Gasteiger charge is 2.30. The maximum absolute atomic E-state index is 12.2. The number of hydrogen-bond acceptors (Lipinski definition) is 5. The van der Waals surface area contributed by atoms with E-state index in [0.29, 0.717) is 19.7 Å². The summed E-state index contributed by atoms with van der Waals surface area (Å²) < 4.78 is 5.43. The fourth-order valence-corrected chi connectivity index (χ4v) is 2.48. The zero-order chi connectivity index (χ0) is 12.5. The molecule has 18 heavy (non-hydrogen) atoms. The van der Waals surface area contributed by atoms with Gasteiger partial charge in [0.15, 0.2) is 0 Å². The Morgan fingerprint density at radius 2 is 2.44 bits per heavy atom. The van der Waals surface area contributed by atoms with Crippen molar-refractivity contribution in [2.45, 2.75) is 31.9 Å². The third-order valence-electron chi connectivity index (χ3n) is 3.48. The smallest absolute Gasteiger partial charge is 0.252 e. The number of nitrogens with zero attached hydrogens (tertiary/aromatic N) is 3. The maximum atomic E-state index is 12.2.